The molecule has 9 nitrogen and oxygen atoms in total. The van der Waals surface area contributed by atoms with Crippen molar-refractivity contribution in [3.63, 3.8) is 0 Å². The molecule has 41 heavy (non-hydrogen) atoms. The van der Waals surface area contributed by atoms with Crippen LogP contribution in [0.3, 0.4) is 0 Å². The maximum absolute atomic E-state index is 13.1. The number of nitrogens with zero attached hydrogens (tertiary/aromatic N) is 3. The van der Waals surface area contributed by atoms with Crippen molar-refractivity contribution < 1.29 is 28.8 Å². The fourth-order valence-electron chi connectivity index (χ4n) is 5.31. The van der Waals surface area contributed by atoms with Crippen molar-refractivity contribution in [2.75, 3.05) is 55.2 Å². The fourth-order valence-corrected chi connectivity index (χ4v) is 5.69. The summed E-state index contributed by atoms with van der Waals surface area (Å²) in [6, 6.07) is 17.1. The standard InChI is InChI=1S/C31H34BrN3O6/c1-35(2)12-11-31(36,20-17-26(37-3)34-27(18-20)38-4)28(22-7-6-8-25-29(22)41-14-13-40-25)23-16-19-15-21(32)9-10-24(19)33-30(23)39-5/h6-10,15-18,28,36H,11-14H2,1-5H3. The highest BCUT2D eigenvalue weighted by atomic mass is 79.9. The van der Waals surface area contributed by atoms with E-state index in [-0.39, 0.29) is 0 Å². The van der Waals surface area contributed by atoms with Crippen LogP contribution in [0.25, 0.3) is 10.9 Å². The predicted octanol–water partition coefficient (Wildman–Crippen LogP) is 5.16. The number of methoxy groups -OCH3 is 3. The summed E-state index contributed by atoms with van der Waals surface area (Å²) in [6.07, 6.45) is 0.338. The Labute approximate surface area is 248 Å². The maximum Gasteiger partial charge on any atom is 0.217 e. The van der Waals surface area contributed by atoms with E-state index in [1.54, 1.807) is 19.2 Å². The highest BCUT2D eigenvalue weighted by Crippen LogP contribution is 2.52. The summed E-state index contributed by atoms with van der Waals surface area (Å²) in [6.45, 7) is 1.41. The number of halogens is 1. The second-order valence-electron chi connectivity index (χ2n) is 10.1. The Morgan fingerprint density at radius 1 is 0.927 bits per heavy atom. The predicted molar refractivity (Wildman–Crippen MR) is 160 cm³/mol. The van der Waals surface area contributed by atoms with E-state index in [0.29, 0.717) is 66.4 Å². The lowest BCUT2D eigenvalue weighted by Crippen LogP contribution is -2.38. The summed E-state index contributed by atoms with van der Waals surface area (Å²) in [7, 11) is 8.61. The van der Waals surface area contributed by atoms with Crippen molar-refractivity contribution in [3.05, 3.63) is 75.8 Å². The zero-order chi connectivity index (χ0) is 29.1. The summed E-state index contributed by atoms with van der Waals surface area (Å²) in [5, 5.41) is 14.0. The maximum atomic E-state index is 13.1. The summed E-state index contributed by atoms with van der Waals surface area (Å²) in [4.78, 5) is 11.3. The van der Waals surface area contributed by atoms with Gasteiger partial charge in [-0.15, -0.1) is 0 Å². The van der Waals surface area contributed by atoms with Crippen molar-refractivity contribution in [3.8, 4) is 29.1 Å². The molecule has 1 aliphatic rings. The Hall–Kier alpha value is -3.60. The Bertz CT molecular complexity index is 1530. The molecule has 2 aromatic heterocycles. The number of rotatable bonds is 10. The first-order valence-corrected chi connectivity index (χ1v) is 14.1. The van der Waals surface area contributed by atoms with Crippen LogP contribution >= 0.6 is 15.9 Å². The topological polar surface area (TPSA) is 95.4 Å². The van der Waals surface area contributed by atoms with Crippen molar-refractivity contribution >= 4 is 26.8 Å². The Balaban J connectivity index is 1.86. The Kier molecular flexibility index (Phi) is 8.53. The minimum absolute atomic E-state index is 0.323. The number of benzene rings is 2. The van der Waals surface area contributed by atoms with E-state index in [2.05, 4.69) is 20.9 Å². The van der Waals surface area contributed by atoms with Crippen LogP contribution in [-0.4, -0.2) is 75.2 Å². The number of aromatic nitrogens is 2. The number of ether oxygens (including phenoxy) is 5. The summed E-state index contributed by atoms with van der Waals surface area (Å²) < 4.78 is 30.0. The molecule has 1 aliphatic heterocycles. The molecular formula is C31H34BrN3O6. The first-order valence-electron chi connectivity index (χ1n) is 13.3. The fraction of sp³-hybridized carbons (Fsp3) is 0.355. The largest absolute Gasteiger partial charge is 0.486 e. The normalized spacial score (nSPS) is 14.9. The molecule has 2 atom stereocenters. The highest BCUT2D eigenvalue weighted by molar-refractivity contribution is 9.10. The summed E-state index contributed by atoms with van der Waals surface area (Å²) in [5.74, 6) is 1.54. The molecule has 0 saturated heterocycles. The molecule has 2 aromatic carbocycles. The first kappa shape index (κ1) is 28.9. The average molecular weight is 625 g/mol. The van der Waals surface area contributed by atoms with Gasteiger partial charge in [0.1, 0.15) is 18.8 Å². The molecule has 0 amide bonds. The van der Waals surface area contributed by atoms with E-state index in [1.165, 1.54) is 14.2 Å². The molecule has 0 saturated carbocycles. The lowest BCUT2D eigenvalue weighted by atomic mass is 9.71. The minimum Gasteiger partial charge on any atom is -0.486 e. The molecule has 10 heteroatoms. The van der Waals surface area contributed by atoms with E-state index in [1.807, 2.05) is 61.5 Å². The van der Waals surface area contributed by atoms with Crippen molar-refractivity contribution in [2.45, 2.75) is 17.9 Å². The van der Waals surface area contributed by atoms with Crippen LogP contribution in [0.15, 0.2) is 59.1 Å². The third-order valence-electron chi connectivity index (χ3n) is 7.30. The lowest BCUT2D eigenvalue weighted by molar-refractivity contribution is 0.00214. The monoisotopic (exact) mass is 623 g/mol. The van der Waals surface area contributed by atoms with Crippen LogP contribution in [0.1, 0.15) is 29.0 Å². The third kappa shape index (κ3) is 5.77. The molecule has 216 valence electrons. The molecule has 0 aliphatic carbocycles. The Morgan fingerprint density at radius 3 is 2.34 bits per heavy atom. The quantitative estimate of drug-likeness (QED) is 0.257. The van der Waals surface area contributed by atoms with Gasteiger partial charge in [-0.25, -0.2) is 4.98 Å². The van der Waals surface area contributed by atoms with Gasteiger partial charge in [0.15, 0.2) is 11.5 Å². The van der Waals surface area contributed by atoms with Gasteiger partial charge in [0.25, 0.3) is 0 Å². The number of para-hydroxylation sites is 1. The molecule has 4 aromatic rings. The van der Waals surface area contributed by atoms with Gasteiger partial charge < -0.3 is 33.7 Å². The van der Waals surface area contributed by atoms with E-state index in [9.17, 15) is 5.11 Å². The third-order valence-corrected chi connectivity index (χ3v) is 7.79. The smallest absolute Gasteiger partial charge is 0.217 e. The average Bonchev–Trinajstić information content (AvgIpc) is 2.99. The number of aliphatic hydroxyl groups is 1. The number of hydrogen-bond acceptors (Lipinski definition) is 9. The van der Waals surface area contributed by atoms with E-state index in [0.717, 1.165) is 20.9 Å². The van der Waals surface area contributed by atoms with Gasteiger partial charge in [-0.05, 0) is 56.4 Å². The number of hydrogen-bond donors (Lipinski definition) is 1. The lowest BCUT2D eigenvalue weighted by Gasteiger charge is -2.40. The van der Waals surface area contributed by atoms with Crippen LogP contribution in [0.2, 0.25) is 0 Å². The molecule has 5 rings (SSSR count). The van der Waals surface area contributed by atoms with Gasteiger partial charge in [0, 0.05) is 39.7 Å². The summed E-state index contributed by atoms with van der Waals surface area (Å²) >= 11 is 3.59. The molecule has 2 unspecified atom stereocenters. The van der Waals surface area contributed by atoms with Crippen LogP contribution in [0.4, 0.5) is 0 Å². The second kappa shape index (κ2) is 12.1. The van der Waals surface area contributed by atoms with Crippen LogP contribution in [-0.2, 0) is 5.60 Å². The molecular weight excluding hydrogens is 590 g/mol. The van der Waals surface area contributed by atoms with E-state index >= 15 is 0 Å². The van der Waals surface area contributed by atoms with Crippen LogP contribution < -0.4 is 23.7 Å². The van der Waals surface area contributed by atoms with Crippen molar-refractivity contribution in [1.29, 1.82) is 0 Å². The van der Waals surface area contributed by atoms with Gasteiger partial charge in [-0.1, -0.05) is 28.1 Å². The van der Waals surface area contributed by atoms with Crippen molar-refractivity contribution in [2.24, 2.45) is 0 Å². The number of pyridine rings is 2. The van der Waals surface area contributed by atoms with Gasteiger partial charge >= 0.3 is 0 Å². The highest BCUT2D eigenvalue weighted by Gasteiger charge is 2.45. The van der Waals surface area contributed by atoms with Gasteiger partial charge in [0.2, 0.25) is 17.6 Å². The minimum atomic E-state index is -1.53. The number of fused-ring (bicyclic) bond motifs is 2. The second-order valence-corrected chi connectivity index (χ2v) is 11.1. The zero-order valence-corrected chi connectivity index (χ0v) is 25.4. The SMILES string of the molecule is COc1cc(C(O)(CCN(C)C)C(c2cc3cc(Br)ccc3nc2OC)c2cccc3c2OCCO3)cc(OC)n1. The molecule has 0 fully saturated rings. The first-order chi connectivity index (χ1) is 19.8. The molecule has 0 spiro atoms. The van der Waals surface area contributed by atoms with Gasteiger partial charge in [0.05, 0.1) is 32.8 Å². The summed E-state index contributed by atoms with van der Waals surface area (Å²) in [5.41, 5.74) is 1.24. The van der Waals surface area contributed by atoms with Gasteiger partial charge in [-0.2, -0.15) is 4.98 Å². The Morgan fingerprint density at radius 2 is 1.66 bits per heavy atom. The molecule has 1 N–H and O–H groups in total. The van der Waals surface area contributed by atoms with Gasteiger partial charge in [-0.3, -0.25) is 0 Å². The van der Waals surface area contributed by atoms with E-state index < -0.39 is 11.5 Å². The van der Waals surface area contributed by atoms with E-state index in [4.69, 9.17) is 28.7 Å². The molecule has 0 bridgehead atoms. The molecule has 0 radical (unpaired) electrons. The van der Waals surface area contributed by atoms with Crippen LogP contribution in [0, 0.1) is 0 Å². The van der Waals surface area contributed by atoms with Crippen LogP contribution in [0.5, 0.6) is 29.1 Å². The van der Waals surface area contributed by atoms with Crippen molar-refractivity contribution in [1.82, 2.24) is 14.9 Å². The zero-order valence-electron chi connectivity index (χ0n) is 23.8. The molecule has 3 heterocycles.